The summed E-state index contributed by atoms with van der Waals surface area (Å²) in [5.41, 5.74) is 0.321. The Morgan fingerprint density at radius 1 is 1.50 bits per heavy atom. The molecule has 0 aliphatic rings. The van der Waals surface area contributed by atoms with E-state index < -0.39 is 5.82 Å². The first-order valence-corrected chi connectivity index (χ1v) is 5.37. The second-order valence-corrected chi connectivity index (χ2v) is 3.74. The Labute approximate surface area is 99.0 Å². The first-order valence-electron chi connectivity index (χ1n) is 4.99. The normalized spacial score (nSPS) is 10.2. The maximum absolute atomic E-state index is 13.3. The van der Waals surface area contributed by atoms with Crippen molar-refractivity contribution in [2.24, 2.45) is 0 Å². The van der Waals surface area contributed by atoms with Gasteiger partial charge < -0.3 is 10.6 Å². The number of hydrogen-bond acceptors (Lipinski definition) is 2. The predicted octanol–water partition coefficient (Wildman–Crippen LogP) is 1.70. The molecule has 1 aromatic carbocycles. The summed E-state index contributed by atoms with van der Waals surface area (Å²) < 4.78 is 13.3. The molecule has 0 aliphatic carbocycles. The fraction of sp³-hybridized carbons (Fsp3) is 0.364. The zero-order chi connectivity index (χ0) is 12.0. The average Bonchev–Trinajstić information content (AvgIpc) is 2.25. The lowest BCUT2D eigenvalue weighted by atomic mass is 10.2. The molecule has 0 fully saturated rings. The van der Waals surface area contributed by atoms with E-state index >= 15 is 0 Å². The first-order chi connectivity index (χ1) is 7.65. The monoisotopic (exact) mass is 244 g/mol. The number of amides is 1. The van der Waals surface area contributed by atoms with Crippen molar-refractivity contribution >= 4 is 17.5 Å². The van der Waals surface area contributed by atoms with Crippen molar-refractivity contribution in [3.8, 4) is 0 Å². The summed E-state index contributed by atoms with van der Waals surface area (Å²) in [5, 5.41) is 5.80. The molecule has 1 aromatic rings. The van der Waals surface area contributed by atoms with Crippen LogP contribution in [0.5, 0.6) is 0 Å². The van der Waals surface area contributed by atoms with Crippen LogP contribution in [0.2, 0.25) is 5.02 Å². The van der Waals surface area contributed by atoms with Crippen LogP contribution in [0.1, 0.15) is 12.0 Å². The fourth-order valence-corrected chi connectivity index (χ4v) is 1.44. The van der Waals surface area contributed by atoms with E-state index in [0.717, 1.165) is 0 Å². The number of halogens is 2. The van der Waals surface area contributed by atoms with Crippen molar-refractivity contribution in [3.05, 3.63) is 34.6 Å². The molecule has 1 amide bonds. The Morgan fingerprint density at radius 2 is 2.25 bits per heavy atom. The molecule has 0 saturated heterocycles. The number of rotatable bonds is 5. The van der Waals surface area contributed by atoms with E-state index in [2.05, 4.69) is 10.6 Å². The van der Waals surface area contributed by atoms with Crippen LogP contribution in [0.25, 0.3) is 0 Å². The third-order valence-electron chi connectivity index (χ3n) is 2.13. The average molecular weight is 245 g/mol. The molecule has 0 radical (unpaired) electrons. The van der Waals surface area contributed by atoms with E-state index in [4.69, 9.17) is 11.6 Å². The van der Waals surface area contributed by atoms with Crippen LogP contribution < -0.4 is 10.6 Å². The zero-order valence-corrected chi connectivity index (χ0v) is 9.77. The van der Waals surface area contributed by atoms with Crippen molar-refractivity contribution in [1.82, 2.24) is 10.6 Å². The van der Waals surface area contributed by atoms with Gasteiger partial charge in [0.1, 0.15) is 5.82 Å². The van der Waals surface area contributed by atoms with Crippen LogP contribution >= 0.6 is 11.6 Å². The lowest BCUT2D eigenvalue weighted by molar-refractivity contribution is -0.121. The fourth-order valence-electron chi connectivity index (χ4n) is 1.22. The van der Waals surface area contributed by atoms with E-state index in [-0.39, 0.29) is 12.5 Å². The lowest BCUT2D eigenvalue weighted by Gasteiger charge is -2.07. The van der Waals surface area contributed by atoms with Gasteiger partial charge >= 0.3 is 0 Å². The van der Waals surface area contributed by atoms with Gasteiger partial charge in [0.05, 0.1) is 0 Å². The molecule has 88 valence electrons. The molecular weight excluding hydrogens is 231 g/mol. The van der Waals surface area contributed by atoms with E-state index in [1.165, 1.54) is 12.1 Å². The van der Waals surface area contributed by atoms with E-state index in [1.807, 2.05) is 0 Å². The van der Waals surface area contributed by atoms with Crippen molar-refractivity contribution in [2.75, 3.05) is 13.6 Å². The maximum Gasteiger partial charge on any atom is 0.221 e. The Morgan fingerprint density at radius 3 is 2.88 bits per heavy atom. The van der Waals surface area contributed by atoms with Crippen LogP contribution in [0.15, 0.2) is 18.2 Å². The summed E-state index contributed by atoms with van der Waals surface area (Å²) >= 11 is 5.81. The minimum absolute atomic E-state index is 0.119. The summed E-state index contributed by atoms with van der Waals surface area (Å²) in [7, 11) is 1.76. The predicted molar refractivity (Wildman–Crippen MR) is 61.8 cm³/mol. The van der Waals surface area contributed by atoms with Crippen LogP contribution in [0.3, 0.4) is 0 Å². The molecule has 0 spiro atoms. The minimum atomic E-state index is -0.401. The van der Waals surface area contributed by atoms with Crippen LogP contribution in [0, 0.1) is 5.82 Å². The highest BCUT2D eigenvalue weighted by atomic mass is 35.5. The van der Waals surface area contributed by atoms with Gasteiger partial charge in [-0.15, -0.1) is 0 Å². The second-order valence-electron chi connectivity index (χ2n) is 3.33. The Hall–Kier alpha value is -1.13. The highest BCUT2D eigenvalue weighted by Gasteiger charge is 2.08. The minimum Gasteiger partial charge on any atom is -0.352 e. The van der Waals surface area contributed by atoms with Gasteiger partial charge in [-0.05, 0) is 19.2 Å². The highest BCUT2D eigenvalue weighted by molar-refractivity contribution is 6.31. The Kier molecular flexibility index (Phi) is 5.22. The highest BCUT2D eigenvalue weighted by Crippen LogP contribution is 2.18. The van der Waals surface area contributed by atoms with Crippen molar-refractivity contribution in [3.63, 3.8) is 0 Å². The van der Waals surface area contributed by atoms with Gasteiger partial charge in [-0.1, -0.05) is 17.7 Å². The second kappa shape index (κ2) is 6.45. The Bertz CT molecular complexity index is 351. The quantitative estimate of drug-likeness (QED) is 0.828. The maximum atomic E-state index is 13.3. The summed E-state index contributed by atoms with van der Waals surface area (Å²) in [6.07, 6.45) is 0.364. The van der Waals surface area contributed by atoms with Gasteiger partial charge in [-0.3, -0.25) is 4.79 Å². The van der Waals surface area contributed by atoms with Crippen LogP contribution in [-0.4, -0.2) is 19.5 Å². The standard InChI is InChI=1S/C11H14ClFN2O/c1-14-6-5-11(16)15-7-8-9(12)3-2-4-10(8)13/h2-4,14H,5-7H2,1H3,(H,15,16). The number of hydrogen-bond donors (Lipinski definition) is 2. The van der Waals surface area contributed by atoms with Crippen molar-refractivity contribution < 1.29 is 9.18 Å². The lowest BCUT2D eigenvalue weighted by Crippen LogP contribution is -2.26. The van der Waals surface area contributed by atoms with Gasteiger partial charge in [0, 0.05) is 30.1 Å². The molecule has 3 nitrogen and oxygen atoms in total. The van der Waals surface area contributed by atoms with Gasteiger partial charge in [0.15, 0.2) is 0 Å². The molecule has 0 aromatic heterocycles. The van der Waals surface area contributed by atoms with Gasteiger partial charge in [0.25, 0.3) is 0 Å². The SMILES string of the molecule is CNCCC(=O)NCc1c(F)cccc1Cl. The third-order valence-corrected chi connectivity index (χ3v) is 2.48. The number of carbonyl (C=O) groups excluding carboxylic acids is 1. The molecule has 2 N–H and O–H groups in total. The van der Waals surface area contributed by atoms with E-state index in [0.29, 0.717) is 23.6 Å². The summed E-state index contributed by atoms with van der Waals surface area (Å²) in [4.78, 5) is 11.3. The van der Waals surface area contributed by atoms with Gasteiger partial charge in [-0.2, -0.15) is 0 Å². The molecule has 0 heterocycles. The smallest absolute Gasteiger partial charge is 0.221 e. The largest absolute Gasteiger partial charge is 0.352 e. The molecule has 0 unspecified atom stereocenters. The van der Waals surface area contributed by atoms with Crippen LogP contribution in [-0.2, 0) is 11.3 Å². The van der Waals surface area contributed by atoms with E-state index in [1.54, 1.807) is 13.1 Å². The van der Waals surface area contributed by atoms with E-state index in [9.17, 15) is 9.18 Å². The third kappa shape index (κ3) is 3.79. The van der Waals surface area contributed by atoms with Crippen molar-refractivity contribution in [2.45, 2.75) is 13.0 Å². The zero-order valence-electron chi connectivity index (χ0n) is 9.02. The van der Waals surface area contributed by atoms with Crippen LogP contribution in [0.4, 0.5) is 4.39 Å². The molecule has 1 rings (SSSR count). The molecule has 0 bridgehead atoms. The summed E-state index contributed by atoms with van der Waals surface area (Å²) in [6.45, 7) is 0.713. The molecule has 0 aliphatic heterocycles. The van der Waals surface area contributed by atoms with Gasteiger partial charge in [0.2, 0.25) is 5.91 Å². The first kappa shape index (κ1) is 12.9. The molecule has 0 atom stereocenters. The van der Waals surface area contributed by atoms with Crippen molar-refractivity contribution in [1.29, 1.82) is 0 Å². The molecule has 5 heteroatoms. The molecule has 16 heavy (non-hydrogen) atoms. The topological polar surface area (TPSA) is 41.1 Å². The molecule has 0 saturated carbocycles. The number of benzene rings is 1. The molecular formula is C11H14ClFN2O. The van der Waals surface area contributed by atoms with Gasteiger partial charge in [-0.25, -0.2) is 4.39 Å². The number of nitrogens with one attached hydrogen (secondary N) is 2. The summed E-state index contributed by atoms with van der Waals surface area (Å²) in [5.74, 6) is -0.532. The number of carbonyl (C=O) groups is 1. The Balaban J connectivity index is 2.51. The summed E-state index contributed by atoms with van der Waals surface area (Å²) in [6, 6.07) is 4.45.